The van der Waals surface area contributed by atoms with Gasteiger partial charge in [0, 0.05) is 13.1 Å². The molecule has 0 bridgehead atoms. The van der Waals surface area contributed by atoms with Gasteiger partial charge in [0.05, 0.1) is 4.92 Å². The van der Waals surface area contributed by atoms with Crippen LogP contribution in [0.3, 0.4) is 0 Å². The molecule has 1 N–H and O–H groups in total. The molecule has 0 unspecified atom stereocenters. The average Bonchev–Trinajstić information content (AvgIpc) is 2.28. The fourth-order valence-electron chi connectivity index (χ4n) is 1.06. The molecule has 0 aliphatic heterocycles. The molecule has 0 amide bonds. The Morgan fingerprint density at radius 3 is 2.71 bits per heavy atom. The molecule has 1 aromatic rings. The van der Waals surface area contributed by atoms with Crippen LogP contribution in [0.25, 0.3) is 0 Å². The molecule has 0 atom stereocenters. The van der Waals surface area contributed by atoms with E-state index in [0.29, 0.717) is 5.82 Å². The number of pyridine rings is 1. The first-order chi connectivity index (χ1) is 7.89. The van der Waals surface area contributed by atoms with Gasteiger partial charge in [-0.15, -0.1) is 6.42 Å². The maximum atomic E-state index is 10.8. The van der Waals surface area contributed by atoms with Crippen molar-refractivity contribution in [3.63, 3.8) is 0 Å². The second-order valence-electron chi connectivity index (χ2n) is 3.78. The number of aromatic nitrogens is 1. The monoisotopic (exact) mass is 235 g/mol. The highest BCUT2D eigenvalue weighted by atomic mass is 16.6. The van der Waals surface area contributed by atoms with E-state index < -0.39 is 10.5 Å². The molecule has 1 heterocycles. The molecule has 0 aliphatic rings. The minimum atomic E-state index is -0.954. The third-order valence-corrected chi connectivity index (χ3v) is 1.99. The summed E-state index contributed by atoms with van der Waals surface area (Å²) in [6.07, 6.45) is 5.26. The molecule has 6 nitrogen and oxygen atoms in total. The van der Waals surface area contributed by atoms with E-state index in [1.54, 1.807) is 20.9 Å². The summed E-state index contributed by atoms with van der Waals surface area (Å²) < 4.78 is 5.36. The van der Waals surface area contributed by atoms with Gasteiger partial charge in [-0.3, -0.25) is 10.1 Å². The van der Waals surface area contributed by atoms with E-state index in [4.69, 9.17) is 11.2 Å². The second kappa shape index (κ2) is 4.70. The van der Waals surface area contributed by atoms with Crippen LogP contribution in [-0.2, 0) is 0 Å². The van der Waals surface area contributed by atoms with Crippen molar-refractivity contribution in [1.29, 1.82) is 0 Å². The second-order valence-corrected chi connectivity index (χ2v) is 3.78. The first-order valence-electron chi connectivity index (χ1n) is 4.89. The van der Waals surface area contributed by atoms with Gasteiger partial charge in [0.1, 0.15) is 5.82 Å². The number of ether oxygens (including phenoxy) is 1. The summed E-state index contributed by atoms with van der Waals surface area (Å²) in [4.78, 5) is 14.2. The summed E-state index contributed by atoms with van der Waals surface area (Å²) in [6, 6.07) is 2.81. The van der Waals surface area contributed by atoms with E-state index >= 15 is 0 Å². The van der Waals surface area contributed by atoms with Crippen LogP contribution in [0.1, 0.15) is 13.8 Å². The highest BCUT2D eigenvalue weighted by Gasteiger charge is 2.24. The molecule has 1 aromatic heterocycles. The topological polar surface area (TPSA) is 77.3 Å². The number of nitrogens with zero attached hydrogens (tertiary/aromatic N) is 2. The molecule has 17 heavy (non-hydrogen) atoms. The maximum absolute atomic E-state index is 10.8. The van der Waals surface area contributed by atoms with Crippen LogP contribution < -0.4 is 10.1 Å². The largest absolute Gasteiger partial charge is 0.454 e. The van der Waals surface area contributed by atoms with Crippen molar-refractivity contribution in [2.24, 2.45) is 0 Å². The predicted molar refractivity (Wildman–Crippen MR) is 64.0 cm³/mol. The van der Waals surface area contributed by atoms with E-state index in [2.05, 4.69) is 16.2 Å². The molecule has 0 radical (unpaired) electrons. The number of nitrogens with one attached hydrogen (secondary N) is 1. The van der Waals surface area contributed by atoms with Crippen molar-refractivity contribution in [2.75, 3.05) is 12.4 Å². The molecule has 0 spiro atoms. The van der Waals surface area contributed by atoms with E-state index in [-0.39, 0.29) is 11.6 Å². The number of hydrogen-bond donors (Lipinski definition) is 1. The van der Waals surface area contributed by atoms with Gasteiger partial charge in [-0.25, -0.2) is 0 Å². The molecule has 0 saturated carbocycles. The summed E-state index contributed by atoms with van der Waals surface area (Å²) in [5.41, 5.74) is -1.17. The smallest absolute Gasteiger partial charge is 0.331 e. The SMILES string of the molecule is C#CC(C)(C)Oc1nc(NC)ccc1[N+](=O)[O-]. The fraction of sp³-hybridized carbons (Fsp3) is 0.364. The molecule has 0 saturated heterocycles. The van der Waals surface area contributed by atoms with Crippen LogP contribution in [0, 0.1) is 22.5 Å². The van der Waals surface area contributed by atoms with Gasteiger partial charge in [0.2, 0.25) is 0 Å². The Bertz CT molecular complexity index is 477. The highest BCUT2D eigenvalue weighted by molar-refractivity contribution is 5.49. The van der Waals surface area contributed by atoms with Gasteiger partial charge in [0.25, 0.3) is 5.88 Å². The van der Waals surface area contributed by atoms with Gasteiger partial charge >= 0.3 is 5.69 Å². The Labute approximate surface area is 99.2 Å². The molecule has 1 rings (SSSR count). The quantitative estimate of drug-likeness (QED) is 0.489. The van der Waals surface area contributed by atoms with Crippen molar-refractivity contribution in [3.8, 4) is 18.2 Å². The fourth-order valence-corrected chi connectivity index (χ4v) is 1.06. The van der Waals surface area contributed by atoms with Crippen molar-refractivity contribution >= 4 is 11.5 Å². The summed E-state index contributed by atoms with van der Waals surface area (Å²) in [6.45, 7) is 3.26. The minimum Gasteiger partial charge on any atom is -0.454 e. The van der Waals surface area contributed by atoms with Gasteiger partial charge < -0.3 is 10.1 Å². The van der Waals surface area contributed by atoms with Gasteiger partial charge in [-0.2, -0.15) is 4.98 Å². The molecular weight excluding hydrogens is 222 g/mol. The lowest BCUT2D eigenvalue weighted by atomic mass is 10.1. The number of nitro groups is 1. The minimum absolute atomic E-state index is 0.0928. The Morgan fingerprint density at radius 2 is 2.24 bits per heavy atom. The number of anilines is 1. The molecule has 6 heteroatoms. The Balaban J connectivity index is 3.19. The molecule has 0 fully saturated rings. The van der Waals surface area contributed by atoms with Crippen LogP contribution in [0.4, 0.5) is 11.5 Å². The first-order valence-corrected chi connectivity index (χ1v) is 4.89. The predicted octanol–water partition coefficient (Wildman–Crippen LogP) is 1.82. The zero-order valence-electron chi connectivity index (χ0n) is 9.85. The standard InChI is InChI=1S/C11H13N3O3/c1-5-11(2,3)17-10-8(14(15)16)6-7-9(12-4)13-10/h1,6-7H,2-4H3,(H,12,13). The number of rotatable bonds is 4. The third kappa shape index (κ3) is 3.08. The zero-order valence-corrected chi connectivity index (χ0v) is 9.85. The van der Waals surface area contributed by atoms with Crippen LogP contribution in [-0.4, -0.2) is 22.6 Å². The van der Waals surface area contributed by atoms with E-state index in [9.17, 15) is 10.1 Å². The lowest BCUT2D eigenvalue weighted by molar-refractivity contribution is -0.386. The maximum Gasteiger partial charge on any atom is 0.331 e. The molecule has 0 aliphatic carbocycles. The van der Waals surface area contributed by atoms with Crippen LogP contribution in [0.2, 0.25) is 0 Å². The van der Waals surface area contributed by atoms with Crippen LogP contribution >= 0.6 is 0 Å². The van der Waals surface area contributed by atoms with Crippen molar-refractivity contribution in [2.45, 2.75) is 19.4 Å². The summed E-state index contributed by atoms with van der Waals surface area (Å²) >= 11 is 0. The van der Waals surface area contributed by atoms with Gasteiger partial charge in [-0.05, 0) is 19.9 Å². The lowest BCUT2D eigenvalue weighted by Crippen LogP contribution is -2.26. The number of terminal acetylenes is 1. The van der Waals surface area contributed by atoms with Crippen molar-refractivity contribution < 1.29 is 9.66 Å². The summed E-state index contributed by atoms with van der Waals surface area (Å²) in [5.74, 6) is 2.77. The highest BCUT2D eigenvalue weighted by Crippen LogP contribution is 2.29. The average molecular weight is 235 g/mol. The van der Waals surface area contributed by atoms with Gasteiger partial charge in [-0.1, -0.05) is 5.92 Å². The Hall–Kier alpha value is -2.29. The normalized spacial score (nSPS) is 10.5. The Kier molecular flexibility index (Phi) is 3.53. The van der Waals surface area contributed by atoms with E-state index in [1.807, 2.05) is 0 Å². The Morgan fingerprint density at radius 1 is 1.59 bits per heavy atom. The molecular formula is C11H13N3O3. The van der Waals surface area contributed by atoms with E-state index in [0.717, 1.165) is 0 Å². The van der Waals surface area contributed by atoms with E-state index in [1.165, 1.54) is 12.1 Å². The summed E-state index contributed by atoms with van der Waals surface area (Å²) in [5, 5.41) is 13.6. The van der Waals surface area contributed by atoms with Gasteiger partial charge in [0.15, 0.2) is 5.60 Å². The first kappa shape index (κ1) is 12.8. The zero-order chi connectivity index (χ0) is 13.1. The lowest BCUT2D eigenvalue weighted by Gasteiger charge is -2.19. The summed E-state index contributed by atoms with van der Waals surface area (Å²) in [7, 11) is 1.66. The number of hydrogen-bond acceptors (Lipinski definition) is 5. The van der Waals surface area contributed by atoms with Crippen molar-refractivity contribution in [1.82, 2.24) is 4.98 Å². The van der Waals surface area contributed by atoms with Crippen LogP contribution in [0.15, 0.2) is 12.1 Å². The van der Waals surface area contributed by atoms with Crippen molar-refractivity contribution in [3.05, 3.63) is 22.2 Å². The van der Waals surface area contributed by atoms with Crippen LogP contribution in [0.5, 0.6) is 5.88 Å². The molecule has 0 aromatic carbocycles. The third-order valence-electron chi connectivity index (χ3n) is 1.99. The molecule has 90 valence electrons.